The van der Waals surface area contributed by atoms with Gasteiger partial charge in [-0.1, -0.05) is 89.4 Å². The summed E-state index contributed by atoms with van der Waals surface area (Å²) in [6, 6.07) is 1.50. The fraction of sp³-hybridized carbons (Fsp3) is 0.783. The zero-order valence-electron chi connectivity index (χ0n) is 18.4. The molecular formula is C23H43IN2Si. The molecule has 0 radical (unpaired) electrons. The van der Waals surface area contributed by atoms with Crippen molar-refractivity contribution in [1.82, 2.24) is 4.57 Å². The molecule has 0 saturated carbocycles. The second-order valence-electron chi connectivity index (χ2n) is 8.92. The predicted octanol–water partition coefficient (Wildman–Crippen LogP) is 3.43. The van der Waals surface area contributed by atoms with Crippen LogP contribution in [-0.2, 0) is 13.1 Å². The van der Waals surface area contributed by atoms with Crippen molar-refractivity contribution < 1.29 is 28.5 Å². The van der Waals surface area contributed by atoms with Crippen LogP contribution in [0.4, 0.5) is 0 Å². The van der Waals surface area contributed by atoms with Crippen molar-refractivity contribution in [2.45, 2.75) is 116 Å². The Morgan fingerprint density at radius 2 is 1.52 bits per heavy atom. The van der Waals surface area contributed by atoms with Gasteiger partial charge in [0.05, 0.1) is 6.54 Å². The van der Waals surface area contributed by atoms with E-state index < -0.39 is 8.07 Å². The highest BCUT2D eigenvalue weighted by atomic mass is 127. The molecule has 0 amide bonds. The minimum absolute atomic E-state index is 0. The number of rotatable bonds is 14. The van der Waals surface area contributed by atoms with Crippen LogP contribution in [0.1, 0.15) is 77.6 Å². The van der Waals surface area contributed by atoms with Crippen LogP contribution in [0, 0.1) is 11.8 Å². The van der Waals surface area contributed by atoms with Crippen LogP contribution in [0.15, 0.2) is 18.7 Å². The summed E-state index contributed by atoms with van der Waals surface area (Å²) in [5, 5.41) is 0. The van der Waals surface area contributed by atoms with Crippen molar-refractivity contribution >= 4 is 8.07 Å². The van der Waals surface area contributed by atoms with Crippen molar-refractivity contribution in [3.63, 3.8) is 0 Å². The lowest BCUT2D eigenvalue weighted by Crippen LogP contribution is -3.00. The van der Waals surface area contributed by atoms with Crippen LogP contribution in [0.5, 0.6) is 0 Å². The van der Waals surface area contributed by atoms with Crippen LogP contribution in [0.2, 0.25) is 25.7 Å². The van der Waals surface area contributed by atoms with Gasteiger partial charge in [0.15, 0.2) is 6.54 Å². The molecular weight excluding hydrogens is 459 g/mol. The molecule has 27 heavy (non-hydrogen) atoms. The van der Waals surface area contributed by atoms with Crippen molar-refractivity contribution in [3.05, 3.63) is 18.7 Å². The van der Waals surface area contributed by atoms with Gasteiger partial charge in [-0.05, 0) is 19.3 Å². The van der Waals surface area contributed by atoms with Gasteiger partial charge >= 0.3 is 0 Å². The second-order valence-corrected chi connectivity index (χ2v) is 14.5. The van der Waals surface area contributed by atoms with Gasteiger partial charge in [-0.3, -0.25) is 0 Å². The maximum atomic E-state index is 3.29. The van der Waals surface area contributed by atoms with Gasteiger partial charge < -0.3 is 24.0 Å². The standard InChI is InChI=1S/C23H43N2Si.HI/c1-5-6-7-8-12-15-18-24-20-21-25(23-24)19-16-13-10-9-11-14-17-22-26(2,3)4;/h20-21,23H,5-11,13-14,16-19,22H2,1-4H3;1H/q+1;/p-1. The number of imidazole rings is 1. The van der Waals surface area contributed by atoms with Crippen LogP contribution < -0.4 is 28.5 Å². The third-order valence-corrected chi connectivity index (χ3v) is 6.73. The Morgan fingerprint density at radius 3 is 2.19 bits per heavy atom. The molecule has 0 spiro atoms. The van der Waals surface area contributed by atoms with Crippen LogP contribution in [0.3, 0.4) is 0 Å². The summed E-state index contributed by atoms with van der Waals surface area (Å²) in [5.41, 5.74) is 0. The number of aromatic nitrogens is 2. The van der Waals surface area contributed by atoms with Crippen LogP contribution in [-0.4, -0.2) is 12.6 Å². The van der Waals surface area contributed by atoms with E-state index in [0.29, 0.717) is 0 Å². The normalized spacial score (nSPS) is 11.0. The SMILES string of the molecule is CCCCCC#CCn1cc[n+](CCCCCCCCC[Si](C)(C)C)c1.[I-]. The van der Waals surface area contributed by atoms with Crippen molar-refractivity contribution in [3.8, 4) is 11.8 Å². The molecule has 0 saturated heterocycles. The number of hydrogen-bond donors (Lipinski definition) is 0. The number of halogens is 1. The summed E-state index contributed by atoms with van der Waals surface area (Å²) in [6.45, 7) is 11.7. The van der Waals surface area contributed by atoms with E-state index in [2.05, 4.69) is 66.3 Å². The molecule has 0 bridgehead atoms. The summed E-state index contributed by atoms with van der Waals surface area (Å²) >= 11 is 0. The summed E-state index contributed by atoms with van der Waals surface area (Å²) in [7, 11) is -0.804. The number of aryl methyl sites for hydroxylation is 1. The number of unbranched alkanes of at least 4 members (excludes halogenated alkanes) is 9. The Hall–Kier alpha value is -0.283. The summed E-state index contributed by atoms with van der Waals surface area (Å²) in [5.74, 6) is 6.57. The van der Waals surface area contributed by atoms with Crippen LogP contribution >= 0.6 is 0 Å². The summed E-state index contributed by atoms with van der Waals surface area (Å²) < 4.78 is 4.51. The van der Waals surface area contributed by atoms with Crippen molar-refractivity contribution in [2.24, 2.45) is 0 Å². The highest BCUT2D eigenvalue weighted by Crippen LogP contribution is 2.15. The van der Waals surface area contributed by atoms with E-state index in [9.17, 15) is 0 Å². The van der Waals surface area contributed by atoms with Gasteiger partial charge in [0.25, 0.3) is 0 Å². The zero-order chi connectivity index (χ0) is 19.1. The maximum Gasteiger partial charge on any atom is 0.244 e. The van der Waals surface area contributed by atoms with E-state index in [-0.39, 0.29) is 24.0 Å². The molecule has 0 aliphatic rings. The first-order valence-electron chi connectivity index (χ1n) is 11.0. The average molecular weight is 503 g/mol. The minimum atomic E-state index is -0.804. The van der Waals surface area contributed by atoms with Gasteiger partial charge in [-0.25, -0.2) is 9.13 Å². The summed E-state index contributed by atoms with van der Waals surface area (Å²) in [6.07, 6.45) is 21.2. The average Bonchev–Trinajstić information content (AvgIpc) is 3.03. The molecule has 1 heterocycles. The van der Waals surface area contributed by atoms with Gasteiger partial charge in [-0.2, -0.15) is 0 Å². The molecule has 4 heteroatoms. The summed E-state index contributed by atoms with van der Waals surface area (Å²) in [4.78, 5) is 0. The molecule has 1 rings (SSSR count). The third-order valence-electron chi connectivity index (χ3n) is 4.88. The Bertz CT molecular complexity index is 522. The predicted molar refractivity (Wildman–Crippen MR) is 117 cm³/mol. The molecule has 0 aliphatic carbocycles. The van der Waals surface area contributed by atoms with Crippen molar-refractivity contribution in [2.75, 3.05) is 0 Å². The fourth-order valence-corrected chi connectivity index (χ4v) is 4.51. The number of nitrogens with zero attached hydrogens (tertiary/aromatic N) is 2. The molecule has 0 unspecified atom stereocenters. The molecule has 0 N–H and O–H groups in total. The highest BCUT2D eigenvalue weighted by Gasteiger charge is 2.11. The molecule has 0 fully saturated rings. The minimum Gasteiger partial charge on any atom is -1.00 e. The monoisotopic (exact) mass is 502 g/mol. The fourth-order valence-electron chi connectivity index (χ4n) is 3.20. The largest absolute Gasteiger partial charge is 1.00 e. The topological polar surface area (TPSA) is 8.81 Å². The van der Waals surface area contributed by atoms with E-state index in [1.165, 1.54) is 70.3 Å². The van der Waals surface area contributed by atoms with E-state index in [1.54, 1.807) is 0 Å². The first kappa shape index (κ1) is 26.7. The number of hydrogen-bond acceptors (Lipinski definition) is 0. The lowest BCUT2D eigenvalue weighted by molar-refractivity contribution is -0.696. The van der Waals surface area contributed by atoms with Gasteiger partial charge in [0.1, 0.15) is 12.4 Å². The lowest BCUT2D eigenvalue weighted by atomic mass is 10.1. The van der Waals surface area contributed by atoms with Crippen molar-refractivity contribution in [1.29, 1.82) is 0 Å². The molecule has 0 aliphatic heterocycles. The van der Waals surface area contributed by atoms with Gasteiger partial charge in [-0.15, -0.1) is 0 Å². The molecule has 1 aromatic heterocycles. The van der Waals surface area contributed by atoms with Crippen LogP contribution in [0.25, 0.3) is 0 Å². The zero-order valence-corrected chi connectivity index (χ0v) is 21.6. The van der Waals surface area contributed by atoms with E-state index in [1.807, 2.05) is 0 Å². The quantitative estimate of drug-likeness (QED) is 0.121. The lowest BCUT2D eigenvalue weighted by Gasteiger charge is -2.14. The Balaban J connectivity index is 0.00000676. The Kier molecular flexibility index (Phi) is 16.5. The Morgan fingerprint density at radius 1 is 0.852 bits per heavy atom. The molecule has 0 aromatic carbocycles. The molecule has 2 nitrogen and oxygen atoms in total. The van der Waals surface area contributed by atoms with E-state index in [0.717, 1.165) is 19.5 Å². The van der Waals surface area contributed by atoms with Gasteiger partial charge in [0, 0.05) is 14.5 Å². The molecule has 0 atom stereocenters. The van der Waals surface area contributed by atoms with Gasteiger partial charge in [0.2, 0.25) is 6.33 Å². The maximum absolute atomic E-state index is 3.29. The first-order valence-corrected chi connectivity index (χ1v) is 14.7. The van der Waals surface area contributed by atoms with E-state index >= 15 is 0 Å². The Labute approximate surface area is 187 Å². The third kappa shape index (κ3) is 16.4. The first-order chi connectivity index (χ1) is 12.5. The molecule has 1 aromatic rings. The smallest absolute Gasteiger partial charge is 0.244 e. The molecule has 156 valence electrons. The highest BCUT2D eigenvalue weighted by molar-refractivity contribution is 6.76. The second kappa shape index (κ2) is 16.7. The van der Waals surface area contributed by atoms with E-state index in [4.69, 9.17) is 0 Å².